The van der Waals surface area contributed by atoms with Gasteiger partial charge in [-0.3, -0.25) is 0 Å². The minimum Gasteiger partial charge on any atom is -0.386 e. The number of aliphatic hydroxyl groups is 1. The number of aliphatic hydroxyl groups excluding tert-OH is 1. The van der Waals surface area contributed by atoms with Gasteiger partial charge in [0.1, 0.15) is 6.10 Å². The number of rotatable bonds is 6. The van der Waals surface area contributed by atoms with Gasteiger partial charge in [0, 0.05) is 6.61 Å². The molecule has 0 radical (unpaired) electrons. The summed E-state index contributed by atoms with van der Waals surface area (Å²) in [4.78, 5) is 0. The average molecular weight is 262 g/mol. The molecule has 106 valence electrons. The lowest BCUT2D eigenvalue weighted by Crippen LogP contribution is -2.16. The predicted octanol–water partition coefficient (Wildman–Crippen LogP) is 3.88. The van der Waals surface area contributed by atoms with E-state index in [1.165, 1.54) is 37.7 Å². The van der Waals surface area contributed by atoms with Gasteiger partial charge in [0.2, 0.25) is 0 Å². The van der Waals surface area contributed by atoms with Crippen LogP contribution in [0.25, 0.3) is 0 Å². The highest BCUT2D eigenvalue weighted by Crippen LogP contribution is 2.24. The molecule has 2 heteroatoms. The molecule has 1 unspecified atom stereocenters. The Morgan fingerprint density at radius 2 is 1.84 bits per heavy atom. The molecular formula is C17H26O2. The molecule has 1 atom stereocenters. The average Bonchev–Trinajstić information content (AvgIpc) is 2.48. The van der Waals surface area contributed by atoms with Gasteiger partial charge in [0.05, 0.1) is 6.61 Å². The summed E-state index contributed by atoms with van der Waals surface area (Å²) in [6, 6.07) is 8.18. The highest BCUT2D eigenvalue weighted by atomic mass is 16.5. The van der Waals surface area contributed by atoms with Gasteiger partial charge in [-0.2, -0.15) is 0 Å². The molecule has 0 aliphatic heterocycles. The van der Waals surface area contributed by atoms with Crippen LogP contribution in [-0.2, 0) is 11.2 Å². The summed E-state index contributed by atoms with van der Waals surface area (Å²) in [6.07, 6.45) is 7.19. The molecule has 2 rings (SSSR count). The van der Waals surface area contributed by atoms with Gasteiger partial charge in [-0.25, -0.2) is 0 Å². The van der Waals surface area contributed by atoms with Gasteiger partial charge in [-0.1, -0.05) is 50.5 Å². The number of hydrogen-bond donors (Lipinski definition) is 1. The second-order valence-electron chi connectivity index (χ2n) is 5.65. The van der Waals surface area contributed by atoms with Crippen LogP contribution in [0.5, 0.6) is 0 Å². The number of hydrogen-bond acceptors (Lipinski definition) is 2. The third-order valence-electron chi connectivity index (χ3n) is 4.13. The zero-order valence-corrected chi connectivity index (χ0v) is 12.0. The molecule has 0 aromatic heterocycles. The summed E-state index contributed by atoms with van der Waals surface area (Å²) >= 11 is 0. The van der Waals surface area contributed by atoms with Crippen molar-refractivity contribution in [3.8, 4) is 0 Å². The van der Waals surface area contributed by atoms with Crippen LogP contribution in [0, 0.1) is 5.92 Å². The van der Waals surface area contributed by atoms with Gasteiger partial charge in [-0.05, 0) is 36.3 Å². The fourth-order valence-electron chi connectivity index (χ4n) is 2.77. The van der Waals surface area contributed by atoms with Crippen molar-refractivity contribution in [3.05, 3.63) is 35.4 Å². The van der Waals surface area contributed by atoms with E-state index in [-0.39, 0.29) is 0 Å². The molecule has 1 N–H and O–H groups in total. The first kappa shape index (κ1) is 14.5. The third-order valence-corrected chi connectivity index (χ3v) is 4.13. The Balaban J connectivity index is 1.72. The van der Waals surface area contributed by atoms with Gasteiger partial charge in [0.25, 0.3) is 0 Å². The quantitative estimate of drug-likeness (QED) is 0.843. The molecule has 1 aromatic rings. The number of benzene rings is 1. The van der Waals surface area contributed by atoms with E-state index in [0.717, 1.165) is 18.6 Å². The van der Waals surface area contributed by atoms with Gasteiger partial charge >= 0.3 is 0 Å². The van der Waals surface area contributed by atoms with Crippen LogP contribution >= 0.6 is 0 Å². The standard InChI is InChI=1S/C17H26O2/c1-2-14-8-10-16(11-9-14)17(18)13-19-12-15-6-4-3-5-7-15/h8-11,15,17-18H,2-7,12-13H2,1H3. The van der Waals surface area contributed by atoms with Crippen LogP contribution in [0.3, 0.4) is 0 Å². The van der Waals surface area contributed by atoms with Crippen molar-refractivity contribution in [3.63, 3.8) is 0 Å². The first-order valence-corrected chi connectivity index (χ1v) is 7.64. The molecular weight excluding hydrogens is 236 g/mol. The highest BCUT2D eigenvalue weighted by molar-refractivity contribution is 5.24. The van der Waals surface area contributed by atoms with Crippen molar-refractivity contribution < 1.29 is 9.84 Å². The normalized spacial score (nSPS) is 18.4. The van der Waals surface area contributed by atoms with Crippen molar-refractivity contribution in [1.82, 2.24) is 0 Å². The Morgan fingerprint density at radius 1 is 1.16 bits per heavy atom. The lowest BCUT2D eigenvalue weighted by atomic mass is 9.90. The van der Waals surface area contributed by atoms with E-state index in [0.29, 0.717) is 12.5 Å². The maximum absolute atomic E-state index is 10.1. The van der Waals surface area contributed by atoms with Crippen molar-refractivity contribution >= 4 is 0 Å². The fraction of sp³-hybridized carbons (Fsp3) is 0.647. The molecule has 1 aromatic carbocycles. The second kappa shape index (κ2) is 7.66. The van der Waals surface area contributed by atoms with Crippen LogP contribution < -0.4 is 0 Å². The molecule has 1 saturated carbocycles. The van der Waals surface area contributed by atoms with Crippen LogP contribution in [0.15, 0.2) is 24.3 Å². The topological polar surface area (TPSA) is 29.5 Å². The van der Waals surface area contributed by atoms with E-state index in [9.17, 15) is 5.11 Å². The zero-order valence-electron chi connectivity index (χ0n) is 12.0. The van der Waals surface area contributed by atoms with Gasteiger partial charge in [0.15, 0.2) is 0 Å². The summed E-state index contributed by atoms with van der Waals surface area (Å²) < 4.78 is 5.70. The molecule has 1 fully saturated rings. The molecule has 2 nitrogen and oxygen atoms in total. The van der Waals surface area contributed by atoms with Crippen LogP contribution in [0.4, 0.5) is 0 Å². The highest BCUT2D eigenvalue weighted by Gasteiger charge is 2.14. The molecule has 0 amide bonds. The van der Waals surface area contributed by atoms with E-state index in [1.807, 2.05) is 12.1 Å². The van der Waals surface area contributed by atoms with E-state index in [1.54, 1.807) is 0 Å². The lowest BCUT2D eigenvalue weighted by Gasteiger charge is -2.22. The maximum Gasteiger partial charge on any atom is 0.102 e. The molecule has 0 saturated heterocycles. The van der Waals surface area contributed by atoms with Crippen molar-refractivity contribution in [2.24, 2.45) is 5.92 Å². The summed E-state index contributed by atoms with van der Waals surface area (Å²) in [5.74, 6) is 0.711. The Bertz CT molecular complexity index is 352. The minimum atomic E-state index is -0.491. The SMILES string of the molecule is CCc1ccc(C(O)COCC2CCCCC2)cc1. The summed E-state index contributed by atoms with van der Waals surface area (Å²) in [6.45, 7) is 3.37. The lowest BCUT2D eigenvalue weighted by molar-refractivity contribution is 0.0146. The largest absolute Gasteiger partial charge is 0.386 e. The Morgan fingerprint density at radius 3 is 2.47 bits per heavy atom. The number of ether oxygens (including phenoxy) is 1. The van der Waals surface area contributed by atoms with Crippen LogP contribution in [0.2, 0.25) is 0 Å². The molecule has 0 bridgehead atoms. The van der Waals surface area contributed by atoms with E-state index in [4.69, 9.17) is 4.74 Å². The maximum atomic E-state index is 10.1. The van der Waals surface area contributed by atoms with Crippen molar-refractivity contribution in [2.75, 3.05) is 13.2 Å². The van der Waals surface area contributed by atoms with Gasteiger partial charge in [-0.15, -0.1) is 0 Å². The Labute approximate surface area is 116 Å². The second-order valence-corrected chi connectivity index (χ2v) is 5.65. The summed E-state index contributed by atoms with van der Waals surface area (Å²) in [7, 11) is 0. The predicted molar refractivity (Wildman–Crippen MR) is 78.2 cm³/mol. The zero-order chi connectivity index (χ0) is 13.5. The smallest absolute Gasteiger partial charge is 0.102 e. The Hall–Kier alpha value is -0.860. The van der Waals surface area contributed by atoms with Crippen molar-refractivity contribution in [1.29, 1.82) is 0 Å². The van der Waals surface area contributed by atoms with E-state index < -0.39 is 6.10 Å². The molecule has 0 heterocycles. The molecule has 1 aliphatic rings. The molecule has 1 aliphatic carbocycles. The van der Waals surface area contributed by atoms with E-state index >= 15 is 0 Å². The Kier molecular flexibility index (Phi) is 5.87. The first-order chi connectivity index (χ1) is 9.29. The van der Waals surface area contributed by atoms with Crippen LogP contribution in [0.1, 0.15) is 56.3 Å². The fourth-order valence-corrected chi connectivity index (χ4v) is 2.77. The van der Waals surface area contributed by atoms with Crippen LogP contribution in [-0.4, -0.2) is 18.3 Å². The summed E-state index contributed by atoms with van der Waals surface area (Å²) in [5.41, 5.74) is 2.26. The summed E-state index contributed by atoms with van der Waals surface area (Å²) in [5, 5.41) is 10.1. The number of aryl methyl sites for hydroxylation is 1. The minimum absolute atomic E-state index is 0.419. The first-order valence-electron chi connectivity index (χ1n) is 7.64. The van der Waals surface area contributed by atoms with E-state index in [2.05, 4.69) is 19.1 Å². The van der Waals surface area contributed by atoms with Crippen molar-refractivity contribution in [2.45, 2.75) is 51.6 Å². The van der Waals surface area contributed by atoms with Gasteiger partial charge < -0.3 is 9.84 Å². The third kappa shape index (κ3) is 4.63. The molecule has 0 spiro atoms. The monoisotopic (exact) mass is 262 g/mol. The molecule has 19 heavy (non-hydrogen) atoms.